The summed E-state index contributed by atoms with van der Waals surface area (Å²) >= 11 is 0. The Hall–Kier alpha value is -1.28. The summed E-state index contributed by atoms with van der Waals surface area (Å²) in [7, 11) is -0.536. The first-order chi connectivity index (χ1) is 8.93. The van der Waals surface area contributed by atoms with Gasteiger partial charge in [-0.3, -0.25) is 0 Å². The first-order valence-electron chi connectivity index (χ1n) is 6.53. The summed E-state index contributed by atoms with van der Waals surface area (Å²) in [6.45, 7) is 6.38. The second kappa shape index (κ2) is 7.35. The lowest BCUT2D eigenvalue weighted by Gasteiger charge is -2.21. The van der Waals surface area contributed by atoms with Gasteiger partial charge in [0.05, 0.1) is 6.54 Å². The predicted octanol–water partition coefficient (Wildman–Crippen LogP) is 1.30. The lowest BCUT2D eigenvalue weighted by Crippen LogP contribution is -2.30. The number of aliphatic hydroxyl groups is 1. The molecular formula is C15H22BNO2. The molecule has 0 radical (unpaired) electrons. The van der Waals surface area contributed by atoms with Crippen molar-refractivity contribution >= 4 is 7.05 Å². The zero-order valence-corrected chi connectivity index (χ0v) is 11.9. The third-order valence-electron chi connectivity index (χ3n) is 2.76. The van der Waals surface area contributed by atoms with Crippen LogP contribution in [-0.4, -0.2) is 30.3 Å². The van der Waals surface area contributed by atoms with Crippen LogP contribution >= 0.6 is 0 Å². The van der Waals surface area contributed by atoms with Gasteiger partial charge in [0.2, 0.25) is 0 Å². The molecule has 0 atom stereocenters. The maximum atomic E-state index is 9.29. The molecule has 3 nitrogen and oxygen atoms in total. The third kappa shape index (κ3) is 6.44. The highest BCUT2D eigenvalue weighted by Gasteiger charge is 2.16. The lowest BCUT2D eigenvalue weighted by molar-refractivity contribution is 0.159. The van der Waals surface area contributed by atoms with Crippen molar-refractivity contribution < 1.29 is 10.1 Å². The van der Waals surface area contributed by atoms with Gasteiger partial charge in [-0.05, 0) is 36.4 Å². The van der Waals surface area contributed by atoms with Crippen LogP contribution < -0.4 is 5.23 Å². The highest BCUT2D eigenvalue weighted by molar-refractivity contribution is 6.45. The Morgan fingerprint density at radius 1 is 1.37 bits per heavy atom. The van der Waals surface area contributed by atoms with Crippen molar-refractivity contribution in [2.45, 2.75) is 27.1 Å². The van der Waals surface area contributed by atoms with E-state index in [-0.39, 0.29) is 12.0 Å². The Morgan fingerprint density at radius 2 is 2.11 bits per heavy atom. The fourth-order valence-electron chi connectivity index (χ4n) is 1.71. The smallest absolute Gasteiger partial charge is 0.374 e. The maximum absolute atomic E-state index is 9.29. The van der Waals surface area contributed by atoms with Gasteiger partial charge in [0.1, 0.15) is 0 Å². The predicted molar refractivity (Wildman–Crippen MR) is 79.7 cm³/mol. The molecular weight excluding hydrogens is 237 g/mol. The van der Waals surface area contributed by atoms with Gasteiger partial charge in [0.25, 0.3) is 0 Å². The van der Waals surface area contributed by atoms with Gasteiger partial charge in [-0.1, -0.05) is 37.8 Å². The Balaban J connectivity index is 2.67. The van der Waals surface area contributed by atoms with Crippen LogP contribution in [0.4, 0.5) is 0 Å². The molecule has 0 saturated carbocycles. The topological polar surface area (TPSA) is 52.5 Å². The molecule has 0 amide bonds. The summed E-state index contributed by atoms with van der Waals surface area (Å²) in [5.74, 6) is 6.02. The molecule has 0 heterocycles. The summed E-state index contributed by atoms with van der Waals surface area (Å²) in [6.07, 6.45) is 0.824. The second-order valence-electron chi connectivity index (χ2n) is 5.56. The van der Waals surface area contributed by atoms with Crippen LogP contribution in [0.2, 0.25) is 6.82 Å². The van der Waals surface area contributed by atoms with Crippen LogP contribution in [0.5, 0.6) is 0 Å². The van der Waals surface area contributed by atoms with E-state index in [9.17, 15) is 5.11 Å². The average molecular weight is 259 g/mol. The Kier molecular flexibility index (Phi) is 6.10. The molecule has 1 aromatic rings. The number of hydrogen-bond acceptors (Lipinski definition) is 3. The van der Waals surface area contributed by atoms with Crippen LogP contribution in [0.25, 0.3) is 0 Å². The zero-order chi connectivity index (χ0) is 14.3. The molecule has 4 heteroatoms. The molecule has 19 heavy (non-hydrogen) atoms. The monoisotopic (exact) mass is 259 g/mol. The quantitative estimate of drug-likeness (QED) is 0.552. The second-order valence-corrected chi connectivity index (χ2v) is 5.56. The van der Waals surface area contributed by atoms with E-state index in [1.54, 1.807) is 6.82 Å². The van der Waals surface area contributed by atoms with Gasteiger partial charge in [-0.25, -0.2) is 0 Å². The highest BCUT2D eigenvalue weighted by Crippen LogP contribution is 2.21. The van der Waals surface area contributed by atoms with Crippen LogP contribution in [0, 0.1) is 17.3 Å². The molecule has 0 spiro atoms. The minimum atomic E-state index is -0.536. The van der Waals surface area contributed by atoms with E-state index in [1.807, 2.05) is 32.0 Å². The Bertz CT molecular complexity index is 461. The van der Waals surface area contributed by atoms with Crippen molar-refractivity contribution in [2.75, 3.05) is 13.2 Å². The lowest BCUT2D eigenvalue weighted by atomic mass is 9.86. The van der Waals surface area contributed by atoms with Gasteiger partial charge in [0, 0.05) is 12.2 Å². The summed E-state index contributed by atoms with van der Waals surface area (Å²) < 4.78 is 0. The summed E-state index contributed by atoms with van der Waals surface area (Å²) in [6, 6.07) is 8.04. The van der Waals surface area contributed by atoms with Crippen molar-refractivity contribution in [3.63, 3.8) is 0 Å². The Morgan fingerprint density at radius 3 is 2.74 bits per heavy atom. The fraction of sp³-hybridized carbons (Fsp3) is 0.467. The number of rotatable bonds is 5. The maximum Gasteiger partial charge on any atom is 0.374 e. The van der Waals surface area contributed by atoms with E-state index < -0.39 is 7.05 Å². The summed E-state index contributed by atoms with van der Waals surface area (Å²) in [5.41, 5.74) is 2.02. The number of benzene rings is 1. The number of hydrogen-bond donors (Lipinski definition) is 3. The van der Waals surface area contributed by atoms with Crippen LogP contribution in [-0.2, 0) is 6.42 Å². The first kappa shape index (κ1) is 15.8. The number of aliphatic hydroxyl groups excluding tert-OH is 1. The zero-order valence-electron chi connectivity index (χ0n) is 11.9. The molecule has 3 N–H and O–H groups in total. The van der Waals surface area contributed by atoms with E-state index in [0.717, 1.165) is 12.0 Å². The standard InChI is InChI=1S/C15H22BNO2/c1-15(2,12-18)11-14-7-4-6-13(10-14)8-5-9-17-16(3)19/h4,6-7,10,17-19H,9,11-12H2,1-3H3. The molecule has 0 bridgehead atoms. The van der Waals surface area contributed by atoms with E-state index in [2.05, 4.69) is 23.1 Å². The van der Waals surface area contributed by atoms with Gasteiger partial charge in [-0.2, -0.15) is 0 Å². The first-order valence-corrected chi connectivity index (χ1v) is 6.53. The van der Waals surface area contributed by atoms with Crippen molar-refractivity contribution in [2.24, 2.45) is 5.41 Å². The number of nitrogens with one attached hydrogen (secondary N) is 1. The van der Waals surface area contributed by atoms with Crippen LogP contribution in [0.3, 0.4) is 0 Å². The minimum Gasteiger partial charge on any atom is -0.437 e. The fourth-order valence-corrected chi connectivity index (χ4v) is 1.71. The van der Waals surface area contributed by atoms with Crippen molar-refractivity contribution in [1.82, 2.24) is 5.23 Å². The largest absolute Gasteiger partial charge is 0.437 e. The van der Waals surface area contributed by atoms with E-state index >= 15 is 0 Å². The molecule has 0 aliphatic heterocycles. The van der Waals surface area contributed by atoms with Crippen molar-refractivity contribution in [3.05, 3.63) is 35.4 Å². The van der Waals surface area contributed by atoms with Crippen LogP contribution in [0.1, 0.15) is 25.0 Å². The van der Waals surface area contributed by atoms with Gasteiger partial charge in [-0.15, -0.1) is 0 Å². The molecule has 0 aliphatic rings. The normalized spacial score (nSPS) is 10.8. The molecule has 0 fully saturated rings. The van der Waals surface area contributed by atoms with E-state index in [4.69, 9.17) is 5.02 Å². The molecule has 102 valence electrons. The molecule has 0 aromatic heterocycles. The van der Waals surface area contributed by atoms with Gasteiger partial charge >= 0.3 is 7.05 Å². The highest BCUT2D eigenvalue weighted by atomic mass is 16.3. The molecule has 1 rings (SSSR count). The van der Waals surface area contributed by atoms with Crippen LogP contribution in [0.15, 0.2) is 24.3 Å². The SMILES string of the molecule is CB(O)NCC#Cc1cccc(CC(C)(C)CO)c1. The van der Waals surface area contributed by atoms with E-state index in [0.29, 0.717) is 6.54 Å². The van der Waals surface area contributed by atoms with Crippen molar-refractivity contribution in [3.8, 4) is 11.8 Å². The summed E-state index contributed by atoms with van der Waals surface area (Å²) in [5, 5.41) is 21.2. The van der Waals surface area contributed by atoms with E-state index in [1.165, 1.54) is 5.56 Å². The van der Waals surface area contributed by atoms with Crippen molar-refractivity contribution in [1.29, 1.82) is 0 Å². The third-order valence-corrected chi connectivity index (χ3v) is 2.76. The molecule has 0 aliphatic carbocycles. The minimum absolute atomic E-state index is 0.111. The molecule has 0 unspecified atom stereocenters. The average Bonchev–Trinajstić information content (AvgIpc) is 2.34. The summed E-state index contributed by atoms with van der Waals surface area (Å²) in [4.78, 5) is 0. The Labute approximate surface area is 116 Å². The molecule has 1 aromatic carbocycles. The molecule has 0 saturated heterocycles. The van der Waals surface area contributed by atoms with Gasteiger partial charge < -0.3 is 15.4 Å². The van der Waals surface area contributed by atoms with Gasteiger partial charge in [0.15, 0.2) is 0 Å².